The van der Waals surface area contributed by atoms with Crippen molar-refractivity contribution in [3.05, 3.63) is 70.5 Å². The zero-order valence-corrected chi connectivity index (χ0v) is 14.6. The Hall–Kier alpha value is -3.36. The second-order valence-corrected chi connectivity index (χ2v) is 6.01. The van der Waals surface area contributed by atoms with Gasteiger partial charge in [0.15, 0.2) is 6.61 Å². The normalized spacial score (nSPS) is 11.4. The first-order valence-electron chi connectivity index (χ1n) is 8.32. The van der Waals surface area contributed by atoms with Crippen LogP contribution in [-0.2, 0) is 17.9 Å². The molecule has 0 saturated carbocycles. The Morgan fingerprint density at radius 3 is 2.54 bits per heavy atom. The Morgan fingerprint density at radius 1 is 1.11 bits per heavy atom. The Kier molecular flexibility index (Phi) is 5.62. The van der Waals surface area contributed by atoms with Crippen molar-refractivity contribution in [2.75, 3.05) is 6.61 Å². The molecular weight excluding hydrogens is 375 g/mol. The molecule has 1 N–H and O–H groups in total. The van der Waals surface area contributed by atoms with Crippen LogP contribution in [0.25, 0.3) is 10.9 Å². The van der Waals surface area contributed by atoms with Gasteiger partial charge in [0, 0.05) is 11.9 Å². The van der Waals surface area contributed by atoms with E-state index in [1.54, 1.807) is 36.4 Å². The molecule has 9 heteroatoms. The van der Waals surface area contributed by atoms with Crippen molar-refractivity contribution >= 4 is 16.8 Å². The first-order chi connectivity index (χ1) is 13.3. The Morgan fingerprint density at radius 2 is 1.82 bits per heavy atom. The van der Waals surface area contributed by atoms with Crippen LogP contribution >= 0.6 is 0 Å². The van der Waals surface area contributed by atoms with Crippen LogP contribution in [0, 0.1) is 0 Å². The summed E-state index contributed by atoms with van der Waals surface area (Å²) in [6.45, 7) is -1.24. The number of halogens is 3. The molecule has 1 amide bonds. The lowest BCUT2D eigenvalue weighted by Crippen LogP contribution is -2.28. The minimum atomic E-state index is -4.40. The van der Waals surface area contributed by atoms with Crippen LogP contribution < -0.4 is 15.5 Å². The summed E-state index contributed by atoms with van der Waals surface area (Å²) in [5.41, 5.74) is 1.03. The van der Waals surface area contributed by atoms with Gasteiger partial charge < -0.3 is 10.1 Å². The van der Waals surface area contributed by atoms with E-state index in [-0.39, 0.29) is 30.2 Å². The molecule has 0 bridgehead atoms. The largest absolute Gasteiger partial charge is 0.484 e. The van der Waals surface area contributed by atoms with Gasteiger partial charge in [-0.3, -0.25) is 14.3 Å². The van der Waals surface area contributed by atoms with Gasteiger partial charge in [-0.05, 0) is 29.8 Å². The van der Waals surface area contributed by atoms with Crippen LogP contribution in [0.3, 0.4) is 0 Å². The molecule has 0 atom stereocenters. The fraction of sp³-hybridized carbons (Fsp3) is 0.211. The van der Waals surface area contributed by atoms with Gasteiger partial charge >= 0.3 is 6.18 Å². The number of carbonyl (C=O) groups excluding carboxylic acids is 1. The summed E-state index contributed by atoms with van der Waals surface area (Å²) in [4.78, 5) is 24.0. The summed E-state index contributed by atoms with van der Waals surface area (Å²) in [6, 6.07) is 12.8. The summed E-state index contributed by atoms with van der Waals surface area (Å²) in [7, 11) is 0. The molecule has 0 radical (unpaired) electrons. The lowest BCUT2D eigenvalue weighted by molar-refractivity contribution is -0.153. The number of hydrogen-bond donors (Lipinski definition) is 1. The number of nitrogens with zero attached hydrogens (tertiary/aromatic N) is 2. The topological polar surface area (TPSA) is 73.2 Å². The molecule has 0 spiro atoms. The van der Waals surface area contributed by atoms with Crippen LogP contribution in [0.1, 0.15) is 5.56 Å². The van der Waals surface area contributed by atoms with E-state index in [0.29, 0.717) is 16.5 Å². The van der Waals surface area contributed by atoms with Gasteiger partial charge in [-0.1, -0.05) is 24.3 Å². The molecule has 0 unspecified atom stereocenters. The lowest BCUT2D eigenvalue weighted by Gasteiger charge is -2.11. The molecule has 1 aromatic heterocycles. The summed E-state index contributed by atoms with van der Waals surface area (Å²) < 4.78 is 42.5. The number of para-hydroxylation sites is 1. The predicted molar refractivity (Wildman–Crippen MR) is 95.8 cm³/mol. The van der Waals surface area contributed by atoms with Gasteiger partial charge in [-0.15, -0.1) is 0 Å². The van der Waals surface area contributed by atoms with Gasteiger partial charge in [0.25, 0.3) is 0 Å². The van der Waals surface area contributed by atoms with Crippen molar-refractivity contribution in [2.24, 2.45) is 0 Å². The van der Waals surface area contributed by atoms with Gasteiger partial charge in [0.1, 0.15) is 12.3 Å². The second kappa shape index (κ2) is 8.12. The van der Waals surface area contributed by atoms with E-state index in [0.717, 1.165) is 6.20 Å². The Balaban J connectivity index is 1.58. The number of benzene rings is 2. The lowest BCUT2D eigenvalue weighted by atomic mass is 10.2. The van der Waals surface area contributed by atoms with E-state index in [4.69, 9.17) is 0 Å². The molecule has 0 fully saturated rings. The molecular formula is C19H16F3N3O3. The number of fused-ring (bicyclic) bond motifs is 1. The van der Waals surface area contributed by atoms with E-state index in [2.05, 4.69) is 15.2 Å². The third kappa shape index (κ3) is 5.09. The predicted octanol–water partition coefficient (Wildman–Crippen LogP) is 2.65. The van der Waals surface area contributed by atoms with Crippen molar-refractivity contribution in [1.82, 2.24) is 15.1 Å². The highest BCUT2D eigenvalue weighted by Crippen LogP contribution is 2.18. The van der Waals surface area contributed by atoms with Crippen molar-refractivity contribution < 1.29 is 22.7 Å². The van der Waals surface area contributed by atoms with Crippen LogP contribution in [0.2, 0.25) is 0 Å². The smallest absolute Gasteiger partial charge is 0.422 e. The number of carbonyl (C=O) groups is 1. The number of rotatable bonds is 6. The summed E-state index contributed by atoms with van der Waals surface area (Å²) >= 11 is 0. The molecule has 0 aliphatic carbocycles. The average Bonchev–Trinajstić information content (AvgIpc) is 2.67. The first-order valence-corrected chi connectivity index (χ1v) is 8.32. The maximum atomic E-state index is 12.2. The molecule has 0 aliphatic heterocycles. The quantitative estimate of drug-likeness (QED) is 0.701. The Bertz CT molecular complexity index is 1030. The number of hydrogen-bond acceptors (Lipinski definition) is 4. The van der Waals surface area contributed by atoms with E-state index in [1.807, 2.05) is 0 Å². The number of ether oxygens (including phenoxy) is 1. The fourth-order valence-corrected chi connectivity index (χ4v) is 2.55. The molecule has 2 aromatic carbocycles. The van der Waals surface area contributed by atoms with Crippen molar-refractivity contribution in [2.45, 2.75) is 19.3 Å². The van der Waals surface area contributed by atoms with Crippen LogP contribution in [-0.4, -0.2) is 28.5 Å². The highest BCUT2D eigenvalue weighted by Gasteiger charge is 2.28. The second-order valence-electron chi connectivity index (χ2n) is 6.01. The molecule has 28 heavy (non-hydrogen) atoms. The number of nitrogens with one attached hydrogen (secondary N) is 1. The molecule has 146 valence electrons. The van der Waals surface area contributed by atoms with Gasteiger partial charge in [0.2, 0.25) is 11.3 Å². The van der Waals surface area contributed by atoms with Crippen molar-refractivity contribution in [1.29, 1.82) is 0 Å². The van der Waals surface area contributed by atoms with E-state index in [1.165, 1.54) is 16.8 Å². The average molecular weight is 391 g/mol. The standard InChI is InChI=1S/C19H16F3N3O3/c20-19(21,22)12-28-14-7-5-13(6-8-14)9-23-18(27)11-25-16-4-2-1-3-15(16)17(26)10-24-25/h1-8,10H,9,11-12H2,(H,23,27). The first kappa shape index (κ1) is 19.4. The molecule has 0 saturated heterocycles. The zero-order chi connectivity index (χ0) is 20.1. The van der Waals surface area contributed by atoms with Crippen LogP contribution in [0.15, 0.2) is 59.5 Å². The van der Waals surface area contributed by atoms with Crippen molar-refractivity contribution in [3.63, 3.8) is 0 Å². The number of amides is 1. The maximum absolute atomic E-state index is 12.2. The van der Waals surface area contributed by atoms with E-state index >= 15 is 0 Å². The van der Waals surface area contributed by atoms with E-state index in [9.17, 15) is 22.8 Å². The summed E-state index contributed by atoms with van der Waals surface area (Å²) in [5, 5.41) is 7.16. The van der Waals surface area contributed by atoms with Gasteiger partial charge in [0.05, 0.1) is 11.7 Å². The highest BCUT2D eigenvalue weighted by atomic mass is 19.4. The fourth-order valence-electron chi connectivity index (χ4n) is 2.55. The van der Waals surface area contributed by atoms with Gasteiger partial charge in [-0.2, -0.15) is 18.3 Å². The highest BCUT2D eigenvalue weighted by molar-refractivity contribution is 5.81. The summed E-state index contributed by atoms with van der Waals surface area (Å²) in [6.07, 6.45) is -3.23. The number of aromatic nitrogens is 2. The van der Waals surface area contributed by atoms with E-state index < -0.39 is 12.8 Å². The number of alkyl halides is 3. The molecule has 3 rings (SSSR count). The molecule has 1 heterocycles. The van der Waals surface area contributed by atoms with Crippen molar-refractivity contribution in [3.8, 4) is 5.75 Å². The SMILES string of the molecule is O=C(Cn1ncc(=O)c2ccccc21)NCc1ccc(OCC(F)(F)F)cc1. The monoisotopic (exact) mass is 391 g/mol. The molecule has 3 aromatic rings. The maximum Gasteiger partial charge on any atom is 0.422 e. The van der Waals surface area contributed by atoms with Crippen LogP contribution in [0.4, 0.5) is 13.2 Å². The minimum Gasteiger partial charge on any atom is -0.484 e. The minimum absolute atomic E-state index is 0.0758. The van der Waals surface area contributed by atoms with Crippen LogP contribution in [0.5, 0.6) is 5.75 Å². The third-order valence-electron chi connectivity index (χ3n) is 3.87. The summed E-state index contributed by atoms with van der Waals surface area (Å²) in [5.74, 6) is -0.227. The Labute approximate surface area is 157 Å². The third-order valence-corrected chi connectivity index (χ3v) is 3.87. The zero-order valence-electron chi connectivity index (χ0n) is 14.6. The molecule has 0 aliphatic rings. The van der Waals surface area contributed by atoms with Gasteiger partial charge in [-0.25, -0.2) is 0 Å². The molecule has 6 nitrogen and oxygen atoms in total.